The lowest BCUT2D eigenvalue weighted by atomic mass is 9.99. The smallest absolute Gasteiger partial charge is 0.270 e. The summed E-state index contributed by atoms with van der Waals surface area (Å²) in [6, 6.07) is 7.86. The molecular formula is C21H20N6O3. The molecule has 1 saturated heterocycles. The number of nitriles is 1. The van der Waals surface area contributed by atoms with Crippen molar-refractivity contribution >= 4 is 22.5 Å². The first-order valence-corrected chi connectivity index (χ1v) is 9.72. The van der Waals surface area contributed by atoms with Crippen molar-refractivity contribution < 1.29 is 14.3 Å². The number of rotatable bonds is 4. The van der Waals surface area contributed by atoms with Crippen LogP contribution in [0.25, 0.3) is 22.0 Å². The summed E-state index contributed by atoms with van der Waals surface area (Å²) in [5.74, 6) is 0.137. The molecule has 2 aliphatic rings. The van der Waals surface area contributed by atoms with Gasteiger partial charge in [0.15, 0.2) is 6.19 Å². The Bertz CT molecular complexity index is 1180. The Balaban J connectivity index is 1.49. The second-order valence-corrected chi connectivity index (χ2v) is 7.50. The maximum atomic E-state index is 12.8. The van der Waals surface area contributed by atoms with Gasteiger partial charge in [-0.25, -0.2) is 4.98 Å². The molecule has 1 N–H and O–H groups in total. The van der Waals surface area contributed by atoms with Crippen LogP contribution in [0.4, 0.5) is 5.69 Å². The predicted molar refractivity (Wildman–Crippen MR) is 109 cm³/mol. The molecule has 2 aliphatic heterocycles. The molecule has 152 valence electrons. The van der Waals surface area contributed by atoms with E-state index in [1.54, 1.807) is 13.3 Å². The average molecular weight is 404 g/mol. The van der Waals surface area contributed by atoms with Gasteiger partial charge in [0.05, 0.1) is 31.4 Å². The molecule has 3 aromatic rings. The fraction of sp³-hybridized carbons (Fsp3) is 0.333. The van der Waals surface area contributed by atoms with E-state index in [4.69, 9.17) is 14.7 Å². The number of hydrogen-bond donors (Lipinski definition) is 1. The summed E-state index contributed by atoms with van der Waals surface area (Å²) in [6.07, 6.45) is 6.10. The number of ether oxygens (including phenoxy) is 2. The Morgan fingerprint density at radius 3 is 3.10 bits per heavy atom. The molecule has 0 aliphatic carbocycles. The summed E-state index contributed by atoms with van der Waals surface area (Å²) in [5.41, 5.74) is 2.30. The third-order valence-corrected chi connectivity index (χ3v) is 5.68. The van der Waals surface area contributed by atoms with Crippen molar-refractivity contribution in [2.24, 2.45) is 0 Å². The highest BCUT2D eigenvalue weighted by atomic mass is 16.5. The molecule has 5 rings (SSSR count). The van der Waals surface area contributed by atoms with Crippen molar-refractivity contribution in [3.05, 3.63) is 36.7 Å². The van der Waals surface area contributed by atoms with Gasteiger partial charge in [-0.05, 0) is 17.7 Å². The molecule has 30 heavy (non-hydrogen) atoms. The number of likely N-dealkylation sites (tertiary alicyclic amines) is 1. The summed E-state index contributed by atoms with van der Waals surface area (Å²) in [7, 11) is 1.67. The van der Waals surface area contributed by atoms with Gasteiger partial charge in [0, 0.05) is 37.2 Å². The van der Waals surface area contributed by atoms with Crippen molar-refractivity contribution in [2.75, 3.05) is 32.1 Å². The van der Waals surface area contributed by atoms with E-state index >= 15 is 0 Å². The first-order chi connectivity index (χ1) is 14.6. The number of carbonyl (C=O) groups excluding carboxylic acids is 1. The van der Waals surface area contributed by atoms with Crippen LogP contribution < -0.4 is 10.1 Å². The van der Waals surface area contributed by atoms with Crippen molar-refractivity contribution in [1.82, 2.24) is 19.7 Å². The van der Waals surface area contributed by atoms with Gasteiger partial charge in [-0.3, -0.25) is 9.48 Å². The number of benzene rings is 1. The second kappa shape index (κ2) is 7.00. The van der Waals surface area contributed by atoms with E-state index in [0.29, 0.717) is 37.7 Å². The number of fused-ring (bicyclic) bond motifs is 2. The largest absolute Gasteiger partial charge is 0.457 e. The zero-order valence-corrected chi connectivity index (χ0v) is 16.5. The summed E-state index contributed by atoms with van der Waals surface area (Å²) < 4.78 is 13.1. The van der Waals surface area contributed by atoms with Crippen LogP contribution in [0, 0.1) is 11.5 Å². The highest BCUT2D eigenvalue weighted by Gasteiger charge is 2.50. The minimum atomic E-state index is -1.06. The fourth-order valence-electron chi connectivity index (χ4n) is 4.09. The lowest BCUT2D eigenvalue weighted by molar-refractivity contribution is -0.131. The molecule has 2 aromatic heterocycles. The van der Waals surface area contributed by atoms with Crippen LogP contribution in [-0.4, -0.2) is 58.0 Å². The van der Waals surface area contributed by atoms with Crippen molar-refractivity contribution in [3.8, 4) is 23.2 Å². The second-order valence-electron chi connectivity index (χ2n) is 7.50. The van der Waals surface area contributed by atoms with E-state index in [9.17, 15) is 4.79 Å². The standard InChI is InChI=1S/C21H20N6O3/c1-29-8-7-27-18-4-2-3-15(16(18)11-24-27)14-9-17-19(23-10-14)30-21(20(28)25-17)5-6-26(12-21)13-22/h2-4,9-11H,5-8,12H2,1H3,(H,25,28)/t21-/m1/s1. The van der Waals surface area contributed by atoms with Gasteiger partial charge >= 0.3 is 0 Å². The minimum Gasteiger partial charge on any atom is -0.457 e. The number of hydrogen-bond acceptors (Lipinski definition) is 7. The van der Waals surface area contributed by atoms with Gasteiger partial charge in [0.1, 0.15) is 5.69 Å². The Labute approximate surface area is 172 Å². The SMILES string of the molecule is COCCn1ncc2c(-c3cnc4c(c3)NC(=O)[C@]3(CCN(C#N)C3)O4)cccc21. The summed E-state index contributed by atoms with van der Waals surface area (Å²) >= 11 is 0. The number of aromatic nitrogens is 3. The number of amides is 1. The Hall–Kier alpha value is -3.64. The average Bonchev–Trinajstić information content (AvgIpc) is 3.37. The first kappa shape index (κ1) is 18.4. The number of nitrogens with one attached hydrogen (secondary N) is 1. The van der Waals surface area contributed by atoms with Gasteiger partial charge in [0.2, 0.25) is 11.5 Å². The van der Waals surface area contributed by atoms with Gasteiger partial charge in [-0.1, -0.05) is 12.1 Å². The third kappa shape index (κ3) is 2.84. The van der Waals surface area contributed by atoms with E-state index in [1.165, 1.54) is 4.90 Å². The van der Waals surface area contributed by atoms with Crippen molar-refractivity contribution in [1.29, 1.82) is 5.26 Å². The number of anilines is 1. The molecule has 0 unspecified atom stereocenters. The van der Waals surface area contributed by atoms with Gasteiger partial charge in [-0.15, -0.1) is 0 Å². The maximum absolute atomic E-state index is 12.8. The predicted octanol–water partition coefficient (Wildman–Crippen LogP) is 2.00. The van der Waals surface area contributed by atoms with Crippen LogP contribution in [-0.2, 0) is 16.1 Å². The highest BCUT2D eigenvalue weighted by Crippen LogP contribution is 2.39. The maximum Gasteiger partial charge on any atom is 0.270 e. The normalized spacial score (nSPS) is 20.1. The highest BCUT2D eigenvalue weighted by molar-refractivity contribution is 6.02. The molecule has 1 fully saturated rings. The molecule has 1 spiro atoms. The number of nitrogens with zero attached hydrogens (tertiary/aromatic N) is 5. The molecule has 9 heteroatoms. The van der Waals surface area contributed by atoms with Crippen LogP contribution >= 0.6 is 0 Å². The molecule has 4 heterocycles. The van der Waals surface area contributed by atoms with E-state index in [1.807, 2.05) is 35.1 Å². The fourth-order valence-corrected chi connectivity index (χ4v) is 4.09. The quantitative estimate of drug-likeness (QED) is 0.663. The summed E-state index contributed by atoms with van der Waals surface area (Å²) in [4.78, 5) is 18.8. The molecule has 1 aromatic carbocycles. The van der Waals surface area contributed by atoms with Crippen LogP contribution in [0.1, 0.15) is 6.42 Å². The Morgan fingerprint density at radius 1 is 1.40 bits per heavy atom. The summed E-state index contributed by atoms with van der Waals surface area (Å²) in [5, 5.41) is 17.5. The van der Waals surface area contributed by atoms with E-state index in [2.05, 4.69) is 21.6 Å². The van der Waals surface area contributed by atoms with Gasteiger partial charge < -0.3 is 19.7 Å². The first-order valence-electron chi connectivity index (χ1n) is 9.72. The van der Waals surface area contributed by atoms with E-state index < -0.39 is 5.60 Å². The number of carbonyl (C=O) groups is 1. The van der Waals surface area contributed by atoms with E-state index in [0.717, 1.165) is 22.0 Å². The van der Waals surface area contributed by atoms with E-state index in [-0.39, 0.29) is 12.5 Å². The minimum absolute atomic E-state index is 0.234. The van der Waals surface area contributed by atoms with Crippen molar-refractivity contribution in [3.63, 3.8) is 0 Å². The Morgan fingerprint density at radius 2 is 2.30 bits per heavy atom. The monoisotopic (exact) mass is 404 g/mol. The lowest BCUT2D eigenvalue weighted by Gasteiger charge is -2.33. The van der Waals surface area contributed by atoms with Gasteiger partial charge in [-0.2, -0.15) is 10.4 Å². The lowest BCUT2D eigenvalue weighted by Crippen LogP contribution is -2.52. The summed E-state index contributed by atoms with van der Waals surface area (Å²) in [6.45, 7) is 1.97. The molecule has 1 amide bonds. The van der Waals surface area contributed by atoms with Crippen LogP contribution in [0.5, 0.6) is 5.88 Å². The van der Waals surface area contributed by atoms with Crippen molar-refractivity contribution in [2.45, 2.75) is 18.6 Å². The molecule has 1 atom stereocenters. The third-order valence-electron chi connectivity index (χ3n) is 5.68. The van der Waals surface area contributed by atoms with Crippen LogP contribution in [0.2, 0.25) is 0 Å². The number of methoxy groups -OCH3 is 1. The molecule has 0 bridgehead atoms. The Kier molecular flexibility index (Phi) is 4.29. The van der Waals surface area contributed by atoms with Crippen LogP contribution in [0.3, 0.4) is 0 Å². The topological polar surface area (TPSA) is 105 Å². The zero-order chi connectivity index (χ0) is 20.7. The molecule has 0 radical (unpaired) electrons. The van der Waals surface area contributed by atoms with Gasteiger partial charge in [0.25, 0.3) is 5.91 Å². The van der Waals surface area contributed by atoms with Crippen LogP contribution in [0.15, 0.2) is 36.7 Å². The molecule has 9 nitrogen and oxygen atoms in total. The molecular weight excluding hydrogens is 384 g/mol. The zero-order valence-electron chi connectivity index (χ0n) is 16.5. The number of pyridine rings is 1. The molecule has 0 saturated carbocycles.